The van der Waals surface area contributed by atoms with E-state index in [9.17, 15) is 12.8 Å². The van der Waals surface area contributed by atoms with E-state index in [0.717, 1.165) is 10.9 Å². The number of H-pyrrole nitrogens is 1. The number of rotatable bonds is 5. The molecule has 0 spiro atoms. The number of aliphatic hydroxyl groups is 1. The van der Waals surface area contributed by atoms with Crippen molar-refractivity contribution < 1.29 is 17.9 Å². The molecule has 0 bridgehead atoms. The Morgan fingerprint density at radius 2 is 1.96 bits per heavy atom. The van der Waals surface area contributed by atoms with Gasteiger partial charge in [-0.2, -0.15) is 0 Å². The molecule has 126 valence electrons. The predicted molar refractivity (Wildman–Crippen MR) is 91.0 cm³/mol. The van der Waals surface area contributed by atoms with Gasteiger partial charge in [-0.25, -0.2) is 17.5 Å². The molecule has 1 aromatic heterocycles. The molecule has 8 heteroatoms. The molecule has 1 heterocycles. The Labute approximate surface area is 143 Å². The summed E-state index contributed by atoms with van der Waals surface area (Å²) in [6, 6.07) is 8.75. The van der Waals surface area contributed by atoms with Gasteiger partial charge in [0.2, 0.25) is 10.0 Å². The molecule has 2 aromatic carbocycles. The van der Waals surface area contributed by atoms with Crippen LogP contribution in [0.25, 0.3) is 22.0 Å². The van der Waals surface area contributed by atoms with E-state index in [-0.39, 0.29) is 28.9 Å². The van der Waals surface area contributed by atoms with Crippen molar-refractivity contribution in [1.29, 1.82) is 0 Å². The number of benzene rings is 2. The highest BCUT2D eigenvalue weighted by molar-refractivity contribution is 7.89. The minimum Gasteiger partial charge on any atom is -0.395 e. The summed E-state index contributed by atoms with van der Waals surface area (Å²) < 4.78 is 39.7. The lowest BCUT2D eigenvalue weighted by Gasteiger charge is -2.08. The number of nitrogens with one attached hydrogen (secondary N) is 2. The zero-order valence-corrected chi connectivity index (χ0v) is 14.0. The van der Waals surface area contributed by atoms with Crippen molar-refractivity contribution in [1.82, 2.24) is 9.71 Å². The van der Waals surface area contributed by atoms with Gasteiger partial charge in [0, 0.05) is 39.8 Å². The highest BCUT2D eigenvalue weighted by atomic mass is 35.5. The molecule has 24 heavy (non-hydrogen) atoms. The summed E-state index contributed by atoms with van der Waals surface area (Å²) in [7, 11) is -3.73. The van der Waals surface area contributed by atoms with Crippen molar-refractivity contribution in [2.24, 2.45) is 0 Å². The first-order chi connectivity index (χ1) is 11.4. The third-order valence-corrected chi connectivity index (χ3v) is 5.36. The normalized spacial score (nSPS) is 12.0. The monoisotopic (exact) mass is 368 g/mol. The molecular formula is C16H14ClFN2O3S. The molecule has 5 nitrogen and oxygen atoms in total. The third-order valence-electron chi connectivity index (χ3n) is 3.59. The molecule has 0 unspecified atom stereocenters. The van der Waals surface area contributed by atoms with E-state index in [0.29, 0.717) is 11.1 Å². The van der Waals surface area contributed by atoms with Crippen LogP contribution in [-0.2, 0) is 10.0 Å². The lowest BCUT2D eigenvalue weighted by Crippen LogP contribution is -2.26. The Balaban J connectivity index is 2.04. The van der Waals surface area contributed by atoms with Crippen LogP contribution in [0.4, 0.5) is 4.39 Å². The van der Waals surface area contributed by atoms with E-state index in [1.54, 1.807) is 18.3 Å². The molecule has 3 aromatic rings. The summed E-state index contributed by atoms with van der Waals surface area (Å²) in [5.74, 6) is -0.349. The van der Waals surface area contributed by atoms with Crippen molar-refractivity contribution in [3.63, 3.8) is 0 Å². The van der Waals surface area contributed by atoms with Crippen LogP contribution in [0.2, 0.25) is 5.02 Å². The first-order valence-electron chi connectivity index (χ1n) is 7.09. The maximum Gasteiger partial charge on any atom is 0.240 e. The van der Waals surface area contributed by atoms with E-state index in [1.807, 2.05) is 0 Å². The molecular weight excluding hydrogens is 355 g/mol. The molecule has 0 saturated carbocycles. The van der Waals surface area contributed by atoms with E-state index in [4.69, 9.17) is 16.7 Å². The highest BCUT2D eigenvalue weighted by Gasteiger charge is 2.17. The molecule has 0 amide bonds. The van der Waals surface area contributed by atoms with Gasteiger partial charge in [-0.1, -0.05) is 17.7 Å². The molecule has 0 atom stereocenters. The lowest BCUT2D eigenvalue weighted by molar-refractivity contribution is 0.301. The molecule has 0 aliphatic heterocycles. The summed E-state index contributed by atoms with van der Waals surface area (Å²) in [6.45, 7) is -0.368. The standard InChI is InChI=1S/C16H14ClFN2O3S/c17-15-8-11(24(22,23)20-5-6-21)2-4-12(15)14-9-19-16-7-10(18)1-3-13(14)16/h1-4,7-9,19-21H,5-6H2. The number of hydrogen-bond donors (Lipinski definition) is 3. The quantitative estimate of drug-likeness (QED) is 0.647. The summed E-state index contributed by atoms with van der Waals surface area (Å²) in [6.07, 6.45) is 1.70. The molecule has 0 saturated heterocycles. The van der Waals surface area contributed by atoms with Crippen LogP contribution in [0.5, 0.6) is 0 Å². The van der Waals surface area contributed by atoms with Gasteiger partial charge in [-0.15, -0.1) is 0 Å². The number of aliphatic hydroxyl groups excluding tert-OH is 1. The second-order valence-electron chi connectivity index (χ2n) is 5.16. The maximum atomic E-state index is 13.3. The van der Waals surface area contributed by atoms with Crippen molar-refractivity contribution in [3.05, 3.63) is 53.4 Å². The highest BCUT2D eigenvalue weighted by Crippen LogP contribution is 2.35. The third kappa shape index (κ3) is 3.16. The van der Waals surface area contributed by atoms with Gasteiger partial charge in [-0.3, -0.25) is 0 Å². The molecule has 3 N–H and O–H groups in total. The Morgan fingerprint density at radius 1 is 1.17 bits per heavy atom. The molecule has 0 aliphatic carbocycles. The van der Waals surface area contributed by atoms with Gasteiger partial charge in [0.1, 0.15) is 5.82 Å². The number of sulfonamides is 1. The second-order valence-corrected chi connectivity index (χ2v) is 7.33. The minimum absolute atomic E-state index is 0.00980. The Hall–Kier alpha value is -1.93. The van der Waals surface area contributed by atoms with Crippen molar-refractivity contribution >= 4 is 32.5 Å². The second kappa shape index (κ2) is 6.52. The van der Waals surface area contributed by atoms with E-state index in [1.165, 1.54) is 24.3 Å². The van der Waals surface area contributed by atoms with Crippen LogP contribution in [-0.4, -0.2) is 31.7 Å². The van der Waals surface area contributed by atoms with Crippen LogP contribution in [0.3, 0.4) is 0 Å². The molecule has 3 rings (SSSR count). The zero-order chi connectivity index (χ0) is 17.3. The summed E-state index contributed by atoms with van der Waals surface area (Å²) in [5, 5.41) is 9.78. The van der Waals surface area contributed by atoms with Crippen LogP contribution in [0.1, 0.15) is 0 Å². The van der Waals surface area contributed by atoms with Gasteiger partial charge in [0.05, 0.1) is 11.5 Å². The largest absolute Gasteiger partial charge is 0.395 e. The first kappa shape index (κ1) is 16.9. The average molecular weight is 369 g/mol. The van der Waals surface area contributed by atoms with E-state index in [2.05, 4.69) is 9.71 Å². The number of aromatic amines is 1. The van der Waals surface area contributed by atoms with Crippen LogP contribution < -0.4 is 4.72 Å². The zero-order valence-electron chi connectivity index (χ0n) is 12.4. The van der Waals surface area contributed by atoms with Crippen LogP contribution >= 0.6 is 11.6 Å². The molecule has 0 radical (unpaired) electrons. The number of hydrogen-bond acceptors (Lipinski definition) is 3. The van der Waals surface area contributed by atoms with Gasteiger partial charge in [-0.05, 0) is 30.3 Å². The van der Waals surface area contributed by atoms with Crippen LogP contribution in [0, 0.1) is 5.82 Å². The fourth-order valence-electron chi connectivity index (χ4n) is 2.47. The number of halogens is 2. The first-order valence-corrected chi connectivity index (χ1v) is 8.95. The fraction of sp³-hybridized carbons (Fsp3) is 0.125. The minimum atomic E-state index is -3.73. The van der Waals surface area contributed by atoms with Crippen LogP contribution in [0.15, 0.2) is 47.5 Å². The maximum absolute atomic E-state index is 13.3. The summed E-state index contributed by atoms with van der Waals surface area (Å²) in [4.78, 5) is 2.98. The van der Waals surface area contributed by atoms with Gasteiger partial charge >= 0.3 is 0 Å². The fourth-order valence-corrected chi connectivity index (χ4v) is 3.86. The Morgan fingerprint density at radius 3 is 2.67 bits per heavy atom. The Bertz CT molecular complexity index is 1000. The van der Waals surface area contributed by atoms with E-state index < -0.39 is 10.0 Å². The van der Waals surface area contributed by atoms with Gasteiger partial charge in [0.25, 0.3) is 0 Å². The van der Waals surface area contributed by atoms with E-state index >= 15 is 0 Å². The van der Waals surface area contributed by atoms with Gasteiger partial charge < -0.3 is 10.1 Å². The van der Waals surface area contributed by atoms with Crippen molar-refractivity contribution in [3.8, 4) is 11.1 Å². The average Bonchev–Trinajstić information content (AvgIpc) is 2.95. The SMILES string of the molecule is O=S(=O)(NCCO)c1ccc(-c2c[nH]c3cc(F)ccc23)c(Cl)c1. The number of fused-ring (bicyclic) bond motifs is 1. The molecule has 0 fully saturated rings. The topological polar surface area (TPSA) is 82.2 Å². The van der Waals surface area contributed by atoms with Crippen molar-refractivity contribution in [2.45, 2.75) is 4.90 Å². The summed E-state index contributed by atoms with van der Waals surface area (Å²) in [5.41, 5.74) is 2.01. The summed E-state index contributed by atoms with van der Waals surface area (Å²) >= 11 is 6.26. The Kier molecular flexibility index (Phi) is 4.60. The number of aromatic nitrogens is 1. The van der Waals surface area contributed by atoms with Gasteiger partial charge in [0.15, 0.2) is 0 Å². The molecule has 0 aliphatic rings. The predicted octanol–water partition coefficient (Wildman–Crippen LogP) is 2.90. The smallest absolute Gasteiger partial charge is 0.240 e. The lowest BCUT2D eigenvalue weighted by atomic mass is 10.0. The van der Waals surface area contributed by atoms with Crippen molar-refractivity contribution in [2.75, 3.05) is 13.2 Å².